The van der Waals surface area contributed by atoms with E-state index in [1.165, 1.54) is 0 Å². The molecule has 1 unspecified atom stereocenters. The van der Waals surface area contributed by atoms with Gasteiger partial charge in [-0.1, -0.05) is 20.8 Å². The van der Waals surface area contributed by atoms with Crippen molar-refractivity contribution in [2.75, 3.05) is 0 Å². The maximum atomic E-state index is 10.3. The van der Waals surface area contributed by atoms with Gasteiger partial charge < -0.3 is 5.11 Å². The lowest BCUT2D eigenvalue weighted by Gasteiger charge is -2.30. The molecule has 0 fully saturated rings. The molecule has 1 N–H and O–H groups in total. The fourth-order valence-electron chi connectivity index (χ4n) is 1.65. The monoisotopic (exact) mass is 196 g/mol. The summed E-state index contributed by atoms with van der Waals surface area (Å²) in [4.78, 5) is 0. The molecular weight excluding hydrogens is 176 g/mol. The van der Waals surface area contributed by atoms with Crippen molar-refractivity contribution in [1.29, 1.82) is 0 Å². The predicted octanol–water partition coefficient (Wildman–Crippen LogP) is 1.76. The summed E-state index contributed by atoms with van der Waals surface area (Å²) in [5, 5.41) is 14.4. The molecule has 1 aromatic rings. The first-order valence-corrected chi connectivity index (χ1v) is 5.18. The van der Waals surface area contributed by atoms with Crippen LogP contribution in [0.2, 0.25) is 0 Å². The lowest BCUT2D eigenvalue weighted by molar-refractivity contribution is -0.00829. The zero-order valence-corrected chi connectivity index (χ0v) is 9.49. The Morgan fingerprint density at radius 3 is 2.57 bits per heavy atom. The Balaban J connectivity index is 2.75. The Morgan fingerprint density at radius 2 is 2.21 bits per heavy atom. The van der Waals surface area contributed by atoms with Gasteiger partial charge in [0, 0.05) is 19.7 Å². The Hall–Kier alpha value is -0.830. The average Bonchev–Trinajstić information content (AvgIpc) is 2.50. The minimum Gasteiger partial charge on any atom is -0.389 e. The molecule has 0 radical (unpaired) electrons. The van der Waals surface area contributed by atoms with Crippen molar-refractivity contribution in [3.8, 4) is 0 Å². The molecule has 0 aliphatic rings. The Bertz CT molecular complexity index is 293. The highest BCUT2D eigenvalue weighted by molar-refractivity contribution is 5.08. The Labute approximate surface area is 85.8 Å². The first-order chi connectivity index (χ1) is 6.48. The van der Waals surface area contributed by atoms with Gasteiger partial charge in [-0.25, -0.2) is 0 Å². The fraction of sp³-hybridized carbons (Fsp3) is 0.727. The highest BCUT2D eigenvalue weighted by Gasteiger charge is 2.29. The van der Waals surface area contributed by atoms with Crippen LogP contribution in [0.3, 0.4) is 0 Å². The number of aryl methyl sites for hydroxylation is 1. The van der Waals surface area contributed by atoms with Crippen molar-refractivity contribution in [3.63, 3.8) is 0 Å². The third-order valence-electron chi connectivity index (χ3n) is 2.96. The zero-order valence-electron chi connectivity index (χ0n) is 9.49. The van der Waals surface area contributed by atoms with Gasteiger partial charge in [0.15, 0.2) is 0 Å². The Kier molecular flexibility index (Phi) is 3.32. The number of aliphatic hydroxyl groups is 1. The molecule has 0 aromatic carbocycles. The highest BCUT2D eigenvalue weighted by Crippen LogP contribution is 2.25. The van der Waals surface area contributed by atoms with Crippen LogP contribution >= 0.6 is 0 Å². The standard InChI is InChI=1S/C11H20N2O/c1-5-11(14,9(2)3)6-10-7-12-13(4)8-10/h7-9,14H,5-6H2,1-4H3. The van der Waals surface area contributed by atoms with Gasteiger partial charge in [0.2, 0.25) is 0 Å². The van der Waals surface area contributed by atoms with Gasteiger partial charge in [-0.2, -0.15) is 5.10 Å². The molecule has 0 amide bonds. The van der Waals surface area contributed by atoms with Crippen LogP contribution in [0.25, 0.3) is 0 Å². The third-order valence-corrected chi connectivity index (χ3v) is 2.96. The summed E-state index contributed by atoms with van der Waals surface area (Å²) < 4.78 is 1.77. The average molecular weight is 196 g/mol. The second-order valence-corrected chi connectivity index (χ2v) is 4.31. The van der Waals surface area contributed by atoms with Crippen molar-refractivity contribution < 1.29 is 5.11 Å². The largest absolute Gasteiger partial charge is 0.389 e. The Morgan fingerprint density at radius 1 is 1.57 bits per heavy atom. The van der Waals surface area contributed by atoms with Gasteiger partial charge in [0.05, 0.1) is 11.8 Å². The maximum Gasteiger partial charge on any atom is 0.0709 e. The number of rotatable bonds is 4. The van der Waals surface area contributed by atoms with E-state index in [0.717, 1.165) is 12.0 Å². The first kappa shape index (κ1) is 11.2. The van der Waals surface area contributed by atoms with Gasteiger partial charge in [-0.3, -0.25) is 4.68 Å². The van der Waals surface area contributed by atoms with Crippen molar-refractivity contribution in [2.24, 2.45) is 13.0 Å². The second-order valence-electron chi connectivity index (χ2n) is 4.31. The lowest BCUT2D eigenvalue weighted by Crippen LogP contribution is -2.36. The number of hydrogen-bond donors (Lipinski definition) is 1. The third kappa shape index (κ3) is 2.35. The molecule has 0 saturated heterocycles. The van der Waals surface area contributed by atoms with E-state index >= 15 is 0 Å². The molecule has 1 heterocycles. The molecule has 1 atom stereocenters. The topological polar surface area (TPSA) is 38.1 Å². The summed E-state index contributed by atoms with van der Waals surface area (Å²) in [6.45, 7) is 6.14. The van der Waals surface area contributed by atoms with Gasteiger partial charge in [0.25, 0.3) is 0 Å². The molecule has 0 spiro atoms. The second kappa shape index (κ2) is 4.13. The molecule has 0 aliphatic heterocycles. The number of aromatic nitrogens is 2. The number of hydrogen-bond acceptors (Lipinski definition) is 2. The van der Waals surface area contributed by atoms with Crippen molar-refractivity contribution >= 4 is 0 Å². The van der Waals surface area contributed by atoms with Crippen LogP contribution in [0, 0.1) is 5.92 Å². The molecule has 1 aromatic heterocycles. The van der Waals surface area contributed by atoms with E-state index in [0.29, 0.717) is 6.42 Å². The molecule has 1 rings (SSSR count). The van der Waals surface area contributed by atoms with Gasteiger partial charge >= 0.3 is 0 Å². The summed E-state index contributed by atoms with van der Waals surface area (Å²) in [7, 11) is 1.89. The molecule has 14 heavy (non-hydrogen) atoms. The summed E-state index contributed by atoms with van der Waals surface area (Å²) in [6, 6.07) is 0. The number of nitrogens with zero attached hydrogens (tertiary/aromatic N) is 2. The normalized spacial score (nSPS) is 15.9. The van der Waals surface area contributed by atoms with E-state index in [-0.39, 0.29) is 5.92 Å². The molecule has 3 heteroatoms. The minimum atomic E-state index is -0.594. The van der Waals surface area contributed by atoms with E-state index in [1.807, 2.05) is 26.4 Å². The molecule has 0 saturated carbocycles. The summed E-state index contributed by atoms with van der Waals surface area (Å²) >= 11 is 0. The van der Waals surface area contributed by atoms with Crippen LogP contribution in [0.4, 0.5) is 0 Å². The van der Waals surface area contributed by atoms with Gasteiger partial charge in [-0.05, 0) is 17.9 Å². The lowest BCUT2D eigenvalue weighted by atomic mass is 9.83. The summed E-state index contributed by atoms with van der Waals surface area (Å²) in [6.07, 6.45) is 5.25. The van der Waals surface area contributed by atoms with E-state index in [9.17, 15) is 5.11 Å². The van der Waals surface area contributed by atoms with Crippen molar-refractivity contribution in [2.45, 2.75) is 39.2 Å². The summed E-state index contributed by atoms with van der Waals surface area (Å²) in [5.74, 6) is 0.271. The predicted molar refractivity (Wildman–Crippen MR) is 57.0 cm³/mol. The molecule has 3 nitrogen and oxygen atoms in total. The molecule has 0 aliphatic carbocycles. The highest BCUT2D eigenvalue weighted by atomic mass is 16.3. The minimum absolute atomic E-state index is 0.271. The van der Waals surface area contributed by atoms with E-state index in [4.69, 9.17) is 0 Å². The molecule has 80 valence electrons. The quantitative estimate of drug-likeness (QED) is 0.797. The molecule has 0 bridgehead atoms. The first-order valence-electron chi connectivity index (χ1n) is 5.18. The van der Waals surface area contributed by atoms with Crippen LogP contribution in [0.15, 0.2) is 12.4 Å². The molecular formula is C11H20N2O. The zero-order chi connectivity index (χ0) is 10.8. The van der Waals surface area contributed by atoms with Crippen molar-refractivity contribution in [1.82, 2.24) is 9.78 Å². The van der Waals surface area contributed by atoms with Gasteiger partial charge in [0.1, 0.15) is 0 Å². The maximum absolute atomic E-state index is 10.3. The SMILES string of the molecule is CCC(O)(Cc1cnn(C)c1)C(C)C. The van der Waals surface area contributed by atoms with E-state index in [2.05, 4.69) is 18.9 Å². The fourth-order valence-corrected chi connectivity index (χ4v) is 1.65. The van der Waals surface area contributed by atoms with E-state index in [1.54, 1.807) is 4.68 Å². The smallest absolute Gasteiger partial charge is 0.0709 e. The van der Waals surface area contributed by atoms with Crippen molar-refractivity contribution in [3.05, 3.63) is 18.0 Å². The van der Waals surface area contributed by atoms with Crippen LogP contribution in [0.5, 0.6) is 0 Å². The van der Waals surface area contributed by atoms with E-state index < -0.39 is 5.60 Å². The van der Waals surface area contributed by atoms with Crippen LogP contribution in [-0.4, -0.2) is 20.5 Å². The van der Waals surface area contributed by atoms with Crippen LogP contribution < -0.4 is 0 Å². The van der Waals surface area contributed by atoms with Gasteiger partial charge in [-0.15, -0.1) is 0 Å². The summed E-state index contributed by atoms with van der Waals surface area (Å²) in [5.41, 5.74) is 0.508. The van der Waals surface area contributed by atoms with Crippen LogP contribution in [0.1, 0.15) is 32.8 Å². The van der Waals surface area contributed by atoms with Crippen LogP contribution in [-0.2, 0) is 13.5 Å².